The number of hydrogen-bond donors (Lipinski definition) is 8. The van der Waals surface area contributed by atoms with Gasteiger partial charge in [0, 0.05) is 5.92 Å². The molecule has 176 valence electrons. The van der Waals surface area contributed by atoms with Crippen molar-refractivity contribution in [2.24, 2.45) is 5.92 Å². The van der Waals surface area contributed by atoms with E-state index in [0.717, 1.165) is 5.56 Å². The molecule has 2 aliphatic rings. The zero-order valence-corrected chi connectivity index (χ0v) is 16.7. The van der Waals surface area contributed by atoms with E-state index in [1.54, 1.807) is 12.1 Å². The van der Waals surface area contributed by atoms with Crippen molar-refractivity contribution < 1.29 is 55.1 Å². The van der Waals surface area contributed by atoms with E-state index in [1.165, 1.54) is 12.1 Å². The zero-order valence-electron chi connectivity index (χ0n) is 16.7. The molecular formula is C20H30O11. The Kier molecular flexibility index (Phi) is 8.21. The lowest BCUT2D eigenvalue weighted by atomic mass is 9.86. The van der Waals surface area contributed by atoms with Gasteiger partial charge in [0.15, 0.2) is 12.6 Å². The molecule has 2 heterocycles. The van der Waals surface area contributed by atoms with Crippen molar-refractivity contribution in [1.82, 2.24) is 0 Å². The van der Waals surface area contributed by atoms with Gasteiger partial charge in [-0.1, -0.05) is 12.1 Å². The van der Waals surface area contributed by atoms with Crippen molar-refractivity contribution in [3.63, 3.8) is 0 Å². The second-order valence-corrected chi connectivity index (χ2v) is 7.91. The number of phenols is 1. The quantitative estimate of drug-likeness (QED) is 0.216. The molecule has 0 aliphatic carbocycles. The monoisotopic (exact) mass is 446 g/mol. The fourth-order valence-corrected chi connectivity index (χ4v) is 3.95. The predicted molar refractivity (Wildman–Crippen MR) is 103 cm³/mol. The summed E-state index contributed by atoms with van der Waals surface area (Å²) in [6.07, 6.45) is -12.0. The van der Waals surface area contributed by atoms with E-state index in [2.05, 4.69) is 0 Å². The number of ether oxygens (including phenoxy) is 3. The van der Waals surface area contributed by atoms with Gasteiger partial charge in [-0.15, -0.1) is 0 Å². The van der Waals surface area contributed by atoms with Crippen LogP contribution in [0, 0.1) is 5.92 Å². The summed E-state index contributed by atoms with van der Waals surface area (Å²) in [5.74, 6) is -0.699. The minimum Gasteiger partial charge on any atom is -0.508 e. The van der Waals surface area contributed by atoms with Crippen molar-refractivity contribution in [1.29, 1.82) is 0 Å². The van der Waals surface area contributed by atoms with Crippen molar-refractivity contribution in [2.75, 3.05) is 13.2 Å². The molecule has 0 saturated carbocycles. The van der Waals surface area contributed by atoms with E-state index in [0.29, 0.717) is 6.42 Å². The first-order valence-corrected chi connectivity index (χ1v) is 10.1. The van der Waals surface area contributed by atoms with Crippen LogP contribution < -0.4 is 0 Å². The maximum absolute atomic E-state index is 10.9. The Balaban J connectivity index is 1.70. The van der Waals surface area contributed by atoms with Crippen LogP contribution in [0.4, 0.5) is 0 Å². The van der Waals surface area contributed by atoms with Gasteiger partial charge in [-0.25, -0.2) is 0 Å². The molecule has 11 nitrogen and oxygen atoms in total. The van der Waals surface area contributed by atoms with E-state index in [-0.39, 0.29) is 12.2 Å². The first-order chi connectivity index (χ1) is 14.8. The van der Waals surface area contributed by atoms with Gasteiger partial charge in [0.25, 0.3) is 0 Å². The summed E-state index contributed by atoms with van der Waals surface area (Å²) in [5.41, 5.74) is 0.855. The molecule has 3 rings (SSSR count). The van der Waals surface area contributed by atoms with Crippen LogP contribution in [0.3, 0.4) is 0 Å². The Morgan fingerprint density at radius 1 is 0.774 bits per heavy atom. The average molecular weight is 446 g/mol. The number of aliphatic hydroxyl groups is 7. The molecule has 2 fully saturated rings. The average Bonchev–Trinajstić information content (AvgIpc) is 2.76. The third-order valence-corrected chi connectivity index (χ3v) is 5.84. The zero-order chi connectivity index (χ0) is 22.7. The van der Waals surface area contributed by atoms with Gasteiger partial charge >= 0.3 is 0 Å². The predicted octanol–water partition coefficient (Wildman–Crippen LogP) is -2.80. The summed E-state index contributed by atoms with van der Waals surface area (Å²) in [6, 6.07) is 6.45. The fraction of sp³-hybridized carbons (Fsp3) is 0.700. The molecule has 1 aromatic carbocycles. The highest BCUT2D eigenvalue weighted by Gasteiger charge is 2.50. The molecule has 0 bridgehead atoms. The van der Waals surface area contributed by atoms with Gasteiger partial charge in [0.2, 0.25) is 0 Å². The first-order valence-electron chi connectivity index (χ1n) is 10.1. The molecule has 10 atom stereocenters. The van der Waals surface area contributed by atoms with E-state index in [9.17, 15) is 40.9 Å². The van der Waals surface area contributed by atoms with Crippen LogP contribution in [0.1, 0.15) is 12.0 Å². The molecule has 1 aromatic rings. The van der Waals surface area contributed by atoms with Gasteiger partial charge < -0.3 is 55.1 Å². The molecule has 2 saturated heterocycles. The fourth-order valence-electron chi connectivity index (χ4n) is 3.95. The Bertz CT molecular complexity index is 684. The summed E-state index contributed by atoms with van der Waals surface area (Å²) in [4.78, 5) is 0. The van der Waals surface area contributed by atoms with Crippen LogP contribution in [0.2, 0.25) is 0 Å². The van der Waals surface area contributed by atoms with Gasteiger partial charge in [0.1, 0.15) is 42.4 Å². The summed E-state index contributed by atoms with van der Waals surface area (Å²) >= 11 is 0. The van der Waals surface area contributed by atoms with Gasteiger partial charge in [-0.3, -0.25) is 0 Å². The molecular weight excluding hydrogens is 416 g/mol. The molecule has 0 radical (unpaired) electrons. The molecule has 0 amide bonds. The highest BCUT2D eigenvalue weighted by atomic mass is 16.7. The van der Waals surface area contributed by atoms with Crippen LogP contribution in [0.25, 0.3) is 0 Å². The molecule has 0 unspecified atom stereocenters. The minimum atomic E-state index is -1.69. The molecule has 0 aromatic heterocycles. The summed E-state index contributed by atoms with van der Waals surface area (Å²) in [7, 11) is 0. The number of aromatic hydroxyl groups is 1. The maximum Gasteiger partial charge on any atom is 0.187 e. The van der Waals surface area contributed by atoms with E-state index >= 15 is 0 Å². The number of hydrogen-bond acceptors (Lipinski definition) is 11. The Labute approximate surface area is 178 Å². The summed E-state index contributed by atoms with van der Waals surface area (Å²) in [6.45, 7) is -1.26. The smallest absolute Gasteiger partial charge is 0.187 e. The third kappa shape index (κ3) is 5.34. The van der Waals surface area contributed by atoms with Crippen molar-refractivity contribution in [3.8, 4) is 5.75 Å². The SMILES string of the molecule is OC[C@H]1O[C@H](O[C@H]2[C@H](O)[C@@H](CCc3ccc(O)cc3)[C@H](O)O[C@@H]2CO)[C@H](O)[C@@H](O)[C@@H]1O. The Hall–Kier alpha value is -1.38. The number of aliphatic hydroxyl groups excluding tert-OH is 7. The molecule has 11 heteroatoms. The highest BCUT2D eigenvalue weighted by molar-refractivity contribution is 5.26. The molecule has 8 N–H and O–H groups in total. The standard InChI is InChI=1S/C20H30O11/c21-7-12-15(25)16(26)17(27)20(30-12)31-18-13(8-22)29-19(28)11(14(18)24)6-3-9-1-4-10(23)5-2-9/h1-2,4-5,11-28H,3,6-8H2/t11-,12-,13-,14-,15-,16+,17-,18-,19-,20-/m1/s1. The van der Waals surface area contributed by atoms with Crippen molar-refractivity contribution >= 4 is 0 Å². The normalized spacial score (nSPS) is 41.3. The topological polar surface area (TPSA) is 190 Å². The lowest BCUT2D eigenvalue weighted by Crippen LogP contribution is -2.63. The maximum atomic E-state index is 10.9. The second-order valence-electron chi connectivity index (χ2n) is 7.91. The van der Waals surface area contributed by atoms with Crippen LogP contribution in [-0.2, 0) is 20.6 Å². The molecule has 31 heavy (non-hydrogen) atoms. The van der Waals surface area contributed by atoms with E-state index in [4.69, 9.17) is 14.2 Å². The lowest BCUT2D eigenvalue weighted by molar-refractivity contribution is -0.350. The first kappa shape index (κ1) is 24.3. The third-order valence-electron chi connectivity index (χ3n) is 5.84. The van der Waals surface area contributed by atoms with Crippen molar-refractivity contribution in [3.05, 3.63) is 29.8 Å². The van der Waals surface area contributed by atoms with Crippen LogP contribution in [-0.4, -0.2) is 109 Å². The van der Waals surface area contributed by atoms with Crippen LogP contribution in [0.5, 0.6) is 5.75 Å². The minimum absolute atomic E-state index is 0.114. The van der Waals surface area contributed by atoms with Gasteiger partial charge in [0.05, 0.1) is 19.3 Å². The van der Waals surface area contributed by atoms with Gasteiger partial charge in [-0.05, 0) is 30.5 Å². The second kappa shape index (κ2) is 10.5. The van der Waals surface area contributed by atoms with Crippen LogP contribution >= 0.6 is 0 Å². The number of rotatable bonds is 7. The molecule has 2 aliphatic heterocycles. The summed E-state index contributed by atoms with van der Waals surface area (Å²) in [5, 5.41) is 79.5. The van der Waals surface area contributed by atoms with Gasteiger partial charge in [-0.2, -0.15) is 0 Å². The van der Waals surface area contributed by atoms with Crippen molar-refractivity contribution in [2.45, 2.75) is 68.1 Å². The lowest BCUT2D eigenvalue weighted by Gasteiger charge is -2.46. The largest absolute Gasteiger partial charge is 0.508 e. The van der Waals surface area contributed by atoms with Crippen LogP contribution in [0.15, 0.2) is 24.3 Å². The number of phenolic OH excluding ortho intramolecular Hbond substituents is 1. The Morgan fingerprint density at radius 2 is 1.42 bits per heavy atom. The number of aryl methyl sites for hydroxylation is 1. The Morgan fingerprint density at radius 3 is 2.03 bits per heavy atom. The van der Waals surface area contributed by atoms with E-state index in [1.807, 2.05) is 0 Å². The molecule has 0 spiro atoms. The summed E-state index contributed by atoms with van der Waals surface area (Å²) < 4.78 is 16.3. The van der Waals surface area contributed by atoms with E-state index < -0.39 is 74.4 Å². The number of benzene rings is 1. The highest BCUT2D eigenvalue weighted by Crippen LogP contribution is 2.33.